The van der Waals surface area contributed by atoms with Crippen molar-refractivity contribution in [1.82, 2.24) is 0 Å². The molecule has 2 N–H and O–H groups in total. The highest BCUT2D eigenvalue weighted by molar-refractivity contribution is 5.93. The van der Waals surface area contributed by atoms with Crippen molar-refractivity contribution in [2.75, 3.05) is 0 Å². The molecule has 0 aromatic heterocycles. The standard InChI is InChI=1S/C12H17NO/c1-4-9-7-10(12(13)14)5-6-11(9)8(2)3/h5-8H,4H2,1-3H3,(H2,13,14). The number of rotatable bonds is 3. The predicted molar refractivity (Wildman–Crippen MR) is 58.4 cm³/mol. The Morgan fingerprint density at radius 3 is 2.50 bits per heavy atom. The fourth-order valence-electron chi connectivity index (χ4n) is 1.63. The Balaban J connectivity index is 3.18. The van der Waals surface area contributed by atoms with E-state index in [1.54, 1.807) is 6.07 Å². The Bertz CT molecular complexity index is 342. The maximum absolute atomic E-state index is 11.0. The fourth-order valence-corrected chi connectivity index (χ4v) is 1.63. The van der Waals surface area contributed by atoms with Gasteiger partial charge in [-0.3, -0.25) is 4.79 Å². The lowest BCUT2D eigenvalue weighted by molar-refractivity contribution is 0.1000. The molecule has 0 aliphatic rings. The summed E-state index contributed by atoms with van der Waals surface area (Å²) in [5.74, 6) is 0.141. The van der Waals surface area contributed by atoms with E-state index in [4.69, 9.17) is 5.73 Å². The van der Waals surface area contributed by atoms with Gasteiger partial charge in [0.05, 0.1) is 0 Å². The second kappa shape index (κ2) is 4.27. The van der Waals surface area contributed by atoms with Gasteiger partial charge < -0.3 is 5.73 Å². The summed E-state index contributed by atoms with van der Waals surface area (Å²) in [5.41, 5.74) is 8.35. The lowest BCUT2D eigenvalue weighted by Gasteiger charge is -2.12. The van der Waals surface area contributed by atoms with Crippen LogP contribution in [0.5, 0.6) is 0 Å². The fraction of sp³-hybridized carbons (Fsp3) is 0.417. The summed E-state index contributed by atoms with van der Waals surface area (Å²) in [5, 5.41) is 0. The molecule has 0 radical (unpaired) electrons. The van der Waals surface area contributed by atoms with Crippen LogP contribution < -0.4 is 5.73 Å². The topological polar surface area (TPSA) is 43.1 Å². The van der Waals surface area contributed by atoms with Crippen LogP contribution in [0.4, 0.5) is 0 Å². The van der Waals surface area contributed by atoms with Crippen molar-refractivity contribution in [3.05, 3.63) is 34.9 Å². The third-order valence-electron chi connectivity index (χ3n) is 2.43. The molecule has 0 aliphatic carbocycles. The monoisotopic (exact) mass is 191 g/mol. The molecule has 76 valence electrons. The van der Waals surface area contributed by atoms with Gasteiger partial charge in [-0.05, 0) is 35.6 Å². The Labute approximate surface area is 85.1 Å². The van der Waals surface area contributed by atoms with Gasteiger partial charge in [-0.25, -0.2) is 0 Å². The van der Waals surface area contributed by atoms with Gasteiger partial charge in [0.15, 0.2) is 0 Å². The molecule has 2 heteroatoms. The number of benzene rings is 1. The Hall–Kier alpha value is -1.31. The highest BCUT2D eigenvalue weighted by atomic mass is 16.1. The number of hydrogen-bond donors (Lipinski definition) is 1. The largest absolute Gasteiger partial charge is 0.366 e. The average Bonchev–Trinajstić information content (AvgIpc) is 2.16. The highest BCUT2D eigenvalue weighted by Crippen LogP contribution is 2.21. The smallest absolute Gasteiger partial charge is 0.248 e. The molecule has 2 nitrogen and oxygen atoms in total. The van der Waals surface area contributed by atoms with Crippen LogP contribution in [-0.2, 0) is 6.42 Å². The minimum Gasteiger partial charge on any atom is -0.366 e. The van der Waals surface area contributed by atoms with E-state index in [2.05, 4.69) is 20.8 Å². The van der Waals surface area contributed by atoms with Gasteiger partial charge in [0, 0.05) is 5.56 Å². The molecular formula is C12H17NO. The molecule has 1 amide bonds. The molecule has 0 atom stereocenters. The number of carbonyl (C=O) groups is 1. The molecule has 0 spiro atoms. The molecular weight excluding hydrogens is 174 g/mol. The van der Waals surface area contributed by atoms with E-state index < -0.39 is 0 Å². The molecule has 0 aliphatic heterocycles. The first-order valence-electron chi connectivity index (χ1n) is 4.98. The molecule has 1 aromatic carbocycles. The Morgan fingerprint density at radius 1 is 1.43 bits per heavy atom. The number of nitrogens with two attached hydrogens (primary N) is 1. The summed E-state index contributed by atoms with van der Waals surface area (Å²) in [6, 6.07) is 5.71. The molecule has 14 heavy (non-hydrogen) atoms. The zero-order valence-corrected chi connectivity index (χ0v) is 9.00. The van der Waals surface area contributed by atoms with Gasteiger partial charge in [0.1, 0.15) is 0 Å². The maximum Gasteiger partial charge on any atom is 0.248 e. The van der Waals surface area contributed by atoms with Crippen LogP contribution in [-0.4, -0.2) is 5.91 Å². The van der Waals surface area contributed by atoms with E-state index in [1.807, 2.05) is 12.1 Å². The number of hydrogen-bond acceptors (Lipinski definition) is 1. The maximum atomic E-state index is 11.0. The zero-order chi connectivity index (χ0) is 10.7. The Morgan fingerprint density at radius 2 is 2.07 bits per heavy atom. The second-order valence-electron chi connectivity index (χ2n) is 3.79. The lowest BCUT2D eigenvalue weighted by Crippen LogP contribution is -2.11. The minimum absolute atomic E-state index is 0.352. The van der Waals surface area contributed by atoms with Gasteiger partial charge in [0.25, 0.3) is 0 Å². The molecule has 1 aromatic rings. The number of aryl methyl sites for hydroxylation is 1. The first-order valence-corrected chi connectivity index (χ1v) is 4.98. The molecule has 0 heterocycles. The first kappa shape index (κ1) is 10.8. The summed E-state index contributed by atoms with van der Waals surface area (Å²) < 4.78 is 0. The van der Waals surface area contributed by atoms with Crippen molar-refractivity contribution in [3.8, 4) is 0 Å². The van der Waals surface area contributed by atoms with Gasteiger partial charge in [-0.1, -0.05) is 26.8 Å². The van der Waals surface area contributed by atoms with Gasteiger partial charge in [-0.2, -0.15) is 0 Å². The van der Waals surface area contributed by atoms with E-state index in [0.717, 1.165) is 6.42 Å². The van der Waals surface area contributed by atoms with Crippen molar-refractivity contribution < 1.29 is 4.79 Å². The van der Waals surface area contributed by atoms with Crippen LogP contribution in [0.3, 0.4) is 0 Å². The van der Waals surface area contributed by atoms with Crippen LogP contribution in [0, 0.1) is 0 Å². The van der Waals surface area contributed by atoms with E-state index >= 15 is 0 Å². The predicted octanol–water partition coefficient (Wildman–Crippen LogP) is 2.47. The van der Waals surface area contributed by atoms with Crippen molar-refractivity contribution >= 4 is 5.91 Å². The second-order valence-corrected chi connectivity index (χ2v) is 3.79. The summed E-state index contributed by atoms with van der Waals surface area (Å²) >= 11 is 0. The SMILES string of the molecule is CCc1cc(C(N)=O)ccc1C(C)C. The average molecular weight is 191 g/mol. The lowest BCUT2D eigenvalue weighted by atomic mass is 9.94. The first-order chi connectivity index (χ1) is 6.56. The number of carbonyl (C=O) groups excluding carboxylic acids is 1. The van der Waals surface area contributed by atoms with Crippen LogP contribution in [0.25, 0.3) is 0 Å². The molecule has 0 saturated heterocycles. The molecule has 0 bridgehead atoms. The quantitative estimate of drug-likeness (QED) is 0.783. The van der Waals surface area contributed by atoms with E-state index in [-0.39, 0.29) is 5.91 Å². The van der Waals surface area contributed by atoms with Crippen LogP contribution in [0.2, 0.25) is 0 Å². The number of amides is 1. The molecule has 0 saturated carbocycles. The van der Waals surface area contributed by atoms with Gasteiger partial charge in [-0.15, -0.1) is 0 Å². The Kier molecular flexibility index (Phi) is 3.28. The summed E-state index contributed by atoms with van der Waals surface area (Å²) in [4.78, 5) is 11.0. The van der Waals surface area contributed by atoms with Crippen molar-refractivity contribution in [1.29, 1.82) is 0 Å². The summed E-state index contributed by atoms with van der Waals surface area (Å²) in [6.07, 6.45) is 0.939. The van der Waals surface area contributed by atoms with Crippen LogP contribution in [0.1, 0.15) is 48.2 Å². The molecule has 0 unspecified atom stereocenters. The highest BCUT2D eigenvalue weighted by Gasteiger charge is 2.08. The number of primary amides is 1. The van der Waals surface area contributed by atoms with Crippen molar-refractivity contribution in [3.63, 3.8) is 0 Å². The molecule has 1 rings (SSSR count). The normalized spacial score (nSPS) is 10.6. The van der Waals surface area contributed by atoms with E-state index in [9.17, 15) is 4.79 Å². The zero-order valence-electron chi connectivity index (χ0n) is 9.00. The van der Waals surface area contributed by atoms with Crippen molar-refractivity contribution in [2.45, 2.75) is 33.1 Å². The third kappa shape index (κ3) is 2.13. The minimum atomic E-state index is -0.352. The third-order valence-corrected chi connectivity index (χ3v) is 2.43. The molecule has 0 fully saturated rings. The van der Waals surface area contributed by atoms with Crippen LogP contribution >= 0.6 is 0 Å². The van der Waals surface area contributed by atoms with Gasteiger partial charge >= 0.3 is 0 Å². The summed E-state index contributed by atoms with van der Waals surface area (Å²) in [6.45, 7) is 6.39. The van der Waals surface area contributed by atoms with E-state index in [0.29, 0.717) is 11.5 Å². The van der Waals surface area contributed by atoms with Crippen molar-refractivity contribution in [2.24, 2.45) is 5.73 Å². The summed E-state index contributed by atoms with van der Waals surface area (Å²) in [7, 11) is 0. The van der Waals surface area contributed by atoms with Gasteiger partial charge in [0.2, 0.25) is 5.91 Å². The van der Waals surface area contributed by atoms with Crippen LogP contribution in [0.15, 0.2) is 18.2 Å². The van der Waals surface area contributed by atoms with E-state index in [1.165, 1.54) is 11.1 Å².